The van der Waals surface area contributed by atoms with Gasteiger partial charge in [-0.3, -0.25) is 4.98 Å². The topological polar surface area (TPSA) is 53.6 Å². The van der Waals surface area contributed by atoms with Gasteiger partial charge in [-0.15, -0.1) is 0 Å². The van der Waals surface area contributed by atoms with Gasteiger partial charge in [0.05, 0.1) is 11.9 Å². The molecule has 124 valence electrons. The van der Waals surface area contributed by atoms with Gasteiger partial charge < -0.3 is 10.3 Å². The molecule has 1 fully saturated rings. The van der Waals surface area contributed by atoms with Crippen LogP contribution in [-0.4, -0.2) is 27.0 Å². The highest BCUT2D eigenvalue weighted by molar-refractivity contribution is 5.54. The molecule has 5 heteroatoms. The SMILES string of the molecule is CC1CC(c2ncc3nccc-3[nH]2)CC(Cc2ccc(F)cc2)N1. The van der Waals surface area contributed by atoms with Crippen LogP contribution in [0.15, 0.2) is 42.7 Å². The summed E-state index contributed by atoms with van der Waals surface area (Å²) in [6.45, 7) is 2.21. The number of nitrogens with one attached hydrogen (secondary N) is 2. The van der Waals surface area contributed by atoms with Crippen LogP contribution in [0.3, 0.4) is 0 Å². The number of fused-ring (bicyclic) bond motifs is 1. The third-order valence-electron chi connectivity index (χ3n) is 4.83. The molecule has 0 spiro atoms. The Balaban J connectivity index is 1.52. The number of hydrogen-bond donors (Lipinski definition) is 2. The molecule has 1 aromatic rings. The van der Waals surface area contributed by atoms with Crippen molar-refractivity contribution in [3.63, 3.8) is 0 Å². The molecule has 2 N–H and O–H groups in total. The van der Waals surface area contributed by atoms with Gasteiger partial charge in [-0.05, 0) is 49.9 Å². The van der Waals surface area contributed by atoms with Crippen molar-refractivity contribution in [2.75, 3.05) is 0 Å². The number of rotatable bonds is 3. The van der Waals surface area contributed by atoms with Crippen LogP contribution < -0.4 is 5.32 Å². The normalized spacial score (nSPS) is 24.3. The molecule has 3 aliphatic rings. The lowest BCUT2D eigenvalue weighted by molar-refractivity contribution is 0.294. The van der Waals surface area contributed by atoms with E-state index in [1.54, 1.807) is 6.20 Å². The van der Waals surface area contributed by atoms with E-state index >= 15 is 0 Å². The molecule has 0 aliphatic carbocycles. The van der Waals surface area contributed by atoms with Crippen molar-refractivity contribution in [3.8, 4) is 11.4 Å². The van der Waals surface area contributed by atoms with Crippen LogP contribution in [0.2, 0.25) is 0 Å². The molecule has 3 atom stereocenters. The van der Waals surface area contributed by atoms with Gasteiger partial charge in [-0.2, -0.15) is 0 Å². The third kappa shape index (κ3) is 3.17. The number of nitrogens with zero attached hydrogens (tertiary/aromatic N) is 2. The molecule has 0 saturated carbocycles. The number of H-pyrrole nitrogens is 1. The Morgan fingerprint density at radius 1 is 1.12 bits per heavy atom. The fraction of sp³-hybridized carbons (Fsp3) is 0.368. The average Bonchev–Trinajstić information content (AvgIpc) is 3.04. The Hall–Kier alpha value is -2.27. The van der Waals surface area contributed by atoms with Gasteiger partial charge in [0.25, 0.3) is 0 Å². The predicted octanol–water partition coefficient (Wildman–Crippen LogP) is 3.52. The monoisotopic (exact) mass is 324 g/mol. The molecule has 1 saturated heterocycles. The van der Waals surface area contributed by atoms with Gasteiger partial charge in [-0.1, -0.05) is 12.1 Å². The third-order valence-corrected chi connectivity index (χ3v) is 4.83. The maximum Gasteiger partial charge on any atom is 0.123 e. The lowest BCUT2D eigenvalue weighted by atomic mass is 9.85. The van der Waals surface area contributed by atoms with Crippen LogP contribution in [0.1, 0.15) is 37.1 Å². The second kappa shape index (κ2) is 6.32. The van der Waals surface area contributed by atoms with Gasteiger partial charge in [-0.25, -0.2) is 9.37 Å². The van der Waals surface area contributed by atoms with E-state index in [1.807, 2.05) is 24.4 Å². The molecule has 3 unspecified atom stereocenters. The summed E-state index contributed by atoms with van der Waals surface area (Å²) in [5.41, 5.74) is 3.11. The lowest BCUT2D eigenvalue weighted by Gasteiger charge is -2.34. The summed E-state index contributed by atoms with van der Waals surface area (Å²) in [7, 11) is 0. The van der Waals surface area contributed by atoms with E-state index in [4.69, 9.17) is 0 Å². The molecule has 4 nitrogen and oxygen atoms in total. The minimum absolute atomic E-state index is 0.183. The number of aromatic nitrogens is 3. The number of piperidine rings is 1. The van der Waals surface area contributed by atoms with Crippen molar-refractivity contribution in [3.05, 3.63) is 59.9 Å². The molecule has 3 heterocycles. The number of halogens is 1. The highest BCUT2D eigenvalue weighted by atomic mass is 19.1. The summed E-state index contributed by atoms with van der Waals surface area (Å²) < 4.78 is 13.1. The fourth-order valence-corrected chi connectivity index (χ4v) is 3.74. The number of benzene rings is 1. The second-order valence-corrected chi connectivity index (χ2v) is 6.78. The lowest BCUT2D eigenvalue weighted by Crippen LogP contribution is -2.44. The first-order chi connectivity index (χ1) is 11.7. The zero-order valence-electron chi connectivity index (χ0n) is 13.7. The first-order valence-electron chi connectivity index (χ1n) is 8.47. The number of hydrogen-bond acceptors (Lipinski definition) is 3. The Morgan fingerprint density at radius 3 is 2.79 bits per heavy atom. The smallest absolute Gasteiger partial charge is 0.123 e. The minimum Gasteiger partial charge on any atom is -0.342 e. The summed E-state index contributed by atoms with van der Waals surface area (Å²) in [6.07, 6.45) is 6.63. The zero-order valence-corrected chi connectivity index (χ0v) is 13.7. The summed E-state index contributed by atoms with van der Waals surface area (Å²) in [5, 5.41) is 3.66. The number of aromatic amines is 1. The van der Waals surface area contributed by atoms with Gasteiger partial charge in [0.1, 0.15) is 17.3 Å². The summed E-state index contributed by atoms with van der Waals surface area (Å²) in [6, 6.07) is 9.59. The molecule has 0 radical (unpaired) electrons. The van der Waals surface area contributed by atoms with E-state index in [-0.39, 0.29) is 5.82 Å². The van der Waals surface area contributed by atoms with E-state index < -0.39 is 0 Å². The van der Waals surface area contributed by atoms with Crippen LogP contribution in [0.25, 0.3) is 11.4 Å². The maximum atomic E-state index is 13.1. The maximum absolute atomic E-state index is 13.1. The van der Waals surface area contributed by atoms with Gasteiger partial charge >= 0.3 is 0 Å². The van der Waals surface area contributed by atoms with E-state index in [0.29, 0.717) is 18.0 Å². The van der Waals surface area contributed by atoms with Crippen LogP contribution in [0.4, 0.5) is 4.39 Å². The minimum atomic E-state index is -0.183. The van der Waals surface area contributed by atoms with E-state index in [1.165, 1.54) is 12.1 Å². The van der Waals surface area contributed by atoms with Crippen molar-refractivity contribution in [1.29, 1.82) is 0 Å². The van der Waals surface area contributed by atoms with Crippen molar-refractivity contribution in [2.24, 2.45) is 0 Å². The van der Waals surface area contributed by atoms with E-state index in [0.717, 1.165) is 42.0 Å². The van der Waals surface area contributed by atoms with Crippen molar-refractivity contribution in [1.82, 2.24) is 20.3 Å². The van der Waals surface area contributed by atoms with Crippen LogP contribution in [0, 0.1) is 5.82 Å². The fourth-order valence-electron chi connectivity index (χ4n) is 3.74. The molecule has 24 heavy (non-hydrogen) atoms. The Morgan fingerprint density at radius 2 is 1.96 bits per heavy atom. The van der Waals surface area contributed by atoms with Crippen molar-refractivity contribution >= 4 is 0 Å². The van der Waals surface area contributed by atoms with Crippen LogP contribution in [0.5, 0.6) is 0 Å². The molecule has 1 aromatic carbocycles. The quantitative estimate of drug-likeness (QED) is 0.775. The average molecular weight is 324 g/mol. The van der Waals surface area contributed by atoms with Crippen molar-refractivity contribution < 1.29 is 4.39 Å². The predicted molar refractivity (Wildman–Crippen MR) is 91.5 cm³/mol. The Bertz CT molecular complexity index is 782. The molecule has 0 amide bonds. The Kier molecular flexibility index (Phi) is 4.02. The van der Waals surface area contributed by atoms with Gasteiger partial charge in [0.15, 0.2) is 0 Å². The second-order valence-electron chi connectivity index (χ2n) is 6.78. The highest BCUT2D eigenvalue weighted by Crippen LogP contribution is 2.31. The highest BCUT2D eigenvalue weighted by Gasteiger charge is 2.28. The van der Waals surface area contributed by atoms with E-state index in [9.17, 15) is 4.39 Å². The van der Waals surface area contributed by atoms with Crippen LogP contribution in [-0.2, 0) is 6.42 Å². The molecular formula is C19H21FN4. The summed E-state index contributed by atoms with van der Waals surface area (Å²) >= 11 is 0. The first-order valence-corrected chi connectivity index (χ1v) is 8.47. The van der Waals surface area contributed by atoms with Gasteiger partial charge in [0.2, 0.25) is 0 Å². The molecule has 4 rings (SSSR count). The van der Waals surface area contributed by atoms with E-state index in [2.05, 4.69) is 27.2 Å². The summed E-state index contributed by atoms with van der Waals surface area (Å²) in [5.74, 6) is 1.25. The molecule has 0 bridgehead atoms. The zero-order chi connectivity index (χ0) is 16.5. The standard InChI is InChI=1S/C19H21FN4/c1-12-8-14(19-22-11-18-17(24-19)6-7-21-18)10-16(23-12)9-13-2-4-15(20)5-3-13/h2-7,11-12,14,16,23H,8-10H2,1H3,(H,22,24). The largest absolute Gasteiger partial charge is 0.342 e. The summed E-state index contributed by atoms with van der Waals surface area (Å²) in [4.78, 5) is 12.3. The van der Waals surface area contributed by atoms with Gasteiger partial charge in [0, 0.05) is 24.2 Å². The van der Waals surface area contributed by atoms with Crippen LogP contribution >= 0.6 is 0 Å². The molecular weight excluding hydrogens is 303 g/mol. The Labute approximate surface area is 140 Å². The molecule has 3 aliphatic heterocycles. The first kappa shape index (κ1) is 15.3. The molecule has 0 aromatic heterocycles. The van der Waals surface area contributed by atoms with Crippen molar-refractivity contribution in [2.45, 2.75) is 44.2 Å².